The molecule has 2 aromatic heterocycles. The van der Waals surface area contributed by atoms with Gasteiger partial charge in [-0.3, -0.25) is 0 Å². The lowest BCUT2D eigenvalue weighted by molar-refractivity contribution is 0.0527. The SMILES string of the molecule is CCOC(=O)c1cc(NCc2ccc(C)s2)ncc1N. The average molecular weight is 291 g/mol. The van der Waals surface area contributed by atoms with Crippen LogP contribution in [0.15, 0.2) is 24.4 Å². The molecule has 106 valence electrons. The quantitative estimate of drug-likeness (QED) is 0.828. The second-order valence-electron chi connectivity index (χ2n) is 4.24. The van der Waals surface area contributed by atoms with Crippen molar-refractivity contribution in [3.8, 4) is 0 Å². The Kier molecular flexibility index (Phi) is 4.57. The zero-order valence-corrected chi connectivity index (χ0v) is 12.3. The molecule has 0 saturated carbocycles. The number of aryl methyl sites for hydroxylation is 1. The zero-order valence-electron chi connectivity index (χ0n) is 11.5. The molecule has 6 heteroatoms. The molecular weight excluding hydrogens is 274 g/mol. The number of carbonyl (C=O) groups is 1. The van der Waals surface area contributed by atoms with Crippen molar-refractivity contribution in [1.29, 1.82) is 0 Å². The molecule has 0 aliphatic rings. The summed E-state index contributed by atoms with van der Waals surface area (Å²) in [5.41, 5.74) is 6.40. The molecule has 0 aliphatic carbocycles. The van der Waals surface area contributed by atoms with Crippen molar-refractivity contribution in [2.45, 2.75) is 20.4 Å². The van der Waals surface area contributed by atoms with E-state index in [4.69, 9.17) is 10.5 Å². The van der Waals surface area contributed by atoms with Crippen LogP contribution < -0.4 is 11.1 Å². The maximum absolute atomic E-state index is 11.7. The highest BCUT2D eigenvalue weighted by atomic mass is 32.1. The number of nitrogen functional groups attached to an aromatic ring is 1. The van der Waals surface area contributed by atoms with Crippen molar-refractivity contribution in [2.24, 2.45) is 0 Å². The molecule has 5 nitrogen and oxygen atoms in total. The third kappa shape index (κ3) is 3.48. The minimum absolute atomic E-state index is 0.317. The van der Waals surface area contributed by atoms with Gasteiger partial charge in [-0.25, -0.2) is 9.78 Å². The van der Waals surface area contributed by atoms with Crippen LogP contribution in [0.5, 0.6) is 0 Å². The number of thiophene rings is 1. The van der Waals surface area contributed by atoms with Crippen molar-refractivity contribution < 1.29 is 9.53 Å². The molecule has 2 aromatic rings. The van der Waals surface area contributed by atoms with Gasteiger partial charge in [-0.2, -0.15) is 0 Å². The van der Waals surface area contributed by atoms with Gasteiger partial charge in [0.15, 0.2) is 0 Å². The Morgan fingerprint density at radius 1 is 1.50 bits per heavy atom. The van der Waals surface area contributed by atoms with Gasteiger partial charge in [-0.1, -0.05) is 0 Å². The van der Waals surface area contributed by atoms with Gasteiger partial charge >= 0.3 is 5.97 Å². The maximum Gasteiger partial charge on any atom is 0.340 e. The highest BCUT2D eigenvalue weighted by molar-refractivity contribution is 7.11. The molecule has 20 heavy (non-hydrogen) atoms. The molecule has 2 heterocycles. The number of esters is 1. The fraction of sp³-hybridized carbons (Fsp3) is 0.286. The Morgan fingerprint density at radius 3 is 2.95 bits per heavy atom. The Morgan fingerprint density at radius 2 is 2.30 bits per heavy atom. The summed E-state index contributed by atoms with van der Waals surface area (Å²) in [7, 11) is 0. The zero-order chi connectivity index (χ0) is 14.5. The van der Waals surface area contributed by atoms with Gasteiger partial charge in [0.1, 0.15) is 5.82 Å². The summed E-state index contributed by atoms with van der Waals surface area (Å²) in [5, 5.41) is 3.17. The predicted molar refractivity (Wildman–Crippen MR) is 81.0 cm³/mol. The number of nitrogens with zero attached hydrogens (tertiary/aromatic N) is 1. The number of ether oxygens (including phenoxy) is 1. The molecule has 0 amide bonds. The lowest BCUT2D eigenvalue weighted by Gasteiger charge is -2.08. The number of anilines is 2. The van der Waals surface area contributed by atoms with Crippen LogP contribution in [0.3, 0.4) is 0 Å². The van der Waals surface area contributed by atoms with Crippen LogP contribution in [-0.4, -0.2) is 17.6 Å². The number of hydrogen-bond acceptors (Lipinski definition) is 6. The van der Waals surface area contributed by atoms with E-state index in [-0.39, 0.29) is 0 Å². The van der Waals surface area contributed by atoms with Gasteiger partial charge in [0.05, 0.1) is 30.6 Å². The van der Waals surface area contributed by atoms with Crippen LogP contribution in [-0.2, 0) is 11.3 Å². The molecule has 0 saturated heterocycles. The number of nitrogens with two attached hydrogens (primary N) is 1. The molecule has 0 spiro atoms. The Balaban J connectivity index is 2.08. The summed E-state index contributed by atoms with van der Waals surface area (Å²) >= 11 is 1.72. The number of nitrogens with one attached hydrogen (secondary N) is 1. The van der Waals surface area contributed by atoms with Crippen LogP contribution in [0.4, 0.5) is 11.5 Å². The van der Waals surface area contributed by atoms with E-state index in [1.165, 1.54) is 16.0 Å². The van der Waals surface area contributed by atoms with E-state index in [0.717, 1.165) is 0 Å². The van der Waals surface area contributed by atoms with Crippen molar-refractivity contribution in [3.63, 3.8) is 0 Å². The second-order valence-corrected chi connectivity index (χ2v) is 5.62. The minimum atomic E-state index is -0.428. The summed E-state index contributed by atoms with van der Waals surface area (Å²) in [5.74, 6) is 0.177. The Labute approximate surface area is 121 Å². The number of hydrogen-bond donors (Lipinski definition) is 2. The predicted octanol–water partition coefficient (Wildman–Crippen LogP) is 2.82. The number of aromatic nitrogens is 1. The first kappa shape index (κ1) is 14.3. The normalized spacial score (nSPS) is 10.3. The van der Waals surface area contributed by atoms with E-state index >= 15 is 0 Å². The van der Waals surface area contributed by atoms with Crippen LogP contribution >= 0.6 is 11.3 Å². The van der Waals surface area contributed by atoms with E-state index in [1.54, 1.807) is 24.3 Å². The van der Waals surface area contributed by atoms with Gasteiger partial charge in [-0.15, -0.1) is 11.3 Å². The standard InChI is InChI=1S/C14H17N3O2S/c1-3-19-14(18)11-6-13(17-8-12(11)15)16-7-10-5-4-9(2)20-10/h4-6,8H,3,7,15H2,1-2H3,(H,16,17). The van der Waals surface area contributed by atoms with Crippen LogP contribution in [0, 0.1) is 6.92 Å². The summed E-state index contributed by atoms with van der Waals surface area (Å²) in [6.45, 7) is 4.80. The molecule has 0 radical (unpaired) electrons. The fourth-order valence-corrected chi connectivity index (χ4v) is 2.54. The molecule has 3 N–H and O–H groups in total. The molecular formula is C14H17N3O2S. The third-order valence-corrected chi connectivity index (χ3v) is 3.67. The fourth-order valence-electron chi connectivity index (χ4n) is 1.71. The van der Waals surface area contributed by atoms with Crippen molar-refractivity contribution in [2.75, 3.05) is 17.7 Å². The van der Waals surface area contributed by atoms with Gasteiger partial charge in [0, 0.05) is 9.75 Å². The Hall–Kier alpha value is -2.08. The Bertz CT molecular complexity index is 610. The maximum atomic E-state index is 11.7. The minimum Gasteiger partial charge on any atom is -0.462 e. The second kappa shape index (κ2) is 6.38. The van der Waals surface area contributed by atoms with Crippen LogP contribution in [0.2, 0.25) is 0 Å². The largest absolute Gasteiger partial charge is 0.462 e. The van der Waals surface area contributed by atoms with Crippen molar-refractivity contribution in [1.82, 2.24) is 4.98 Å². The van der Waals surface area contributed by atoms with Crippen molar-refractivity contribution in [3.05, 3.63) is 39.7 Å². The van der Waals surface area contributed by atoms with E-state index in [9.17, 15) is 4.79 Å². The summed E-state index contributed by atoms with van der Waals surface area (Å²) in [6.07, 6.45) is 1.47. The molecule has 0 fully saturated rings. The number of rotatable bonds is 5. The summed E-state index contributed by atoms with van der Waals surface area (Å²) < 4.78 is 4.96. The topological polar surface area (TPSA) is 77.2 Å². The smallest absolute Gasteiger partial charge is 0.340 e. The third-order valence-electron chi connectivity index (χ3n) is 2.67. The lowest BCUT2D eigenvalue weighted by Crippen LogP contribution is -2.10. The lowest BCUT2D eigenvalue weighted by atomic mass is 10.2. The van der Waals surface area contributed by atoms with Gasteiger partial charge in [0.2, 0.25) is 0 Å². The molecule has 0 aromatic carbocycles. The summed E-state index contributed by atoms with van der Waals surface area (Å²) in [6, 6.07) is 5.76. The molecule has 0 aliphatic heterocycles. The van der Waals surface area contributed by atoms with E-state index < -0.39 is 5.97 Å². The van der Waals surface area contributed by atoms with E-state index in [0.29, 0.717) is 30.2 Å². The molecule has 0 atom stereocenters. The van der Waals surface area contributed by atoms with Gasteiger partial charge in [0.25, 0.3) is 0 Å². The van der Waals surface area contributed by atoms with E-state index in [1.807, 2.05) is 0 Å². The molecule has 2 rings (SSSR count). The highest BCUT2D eigenvalue weighted by Crippen LogP contribution is 2.19. The van der Waals surface area contributed by atoms with Crippen LogP contribution in [0.1, 0.15) is 27.0 Å². The number of pyridine rings is 1. The van der Waals surface area contributed by atoms with Crippen molar-refractivity contribution >= 4 is 28.8 Å². The molecule has 0 bridgehead atoms. The monoisotopic (exact) mass is 291 g/mol. The summed E-state index contributed by atoms with van der Waals surface area (Å²) in [4.78, 5) is 18.4. The van der Waals surface area contributed by atoms with Crippen LogP contribution in [0.25, 0.3) is 0 Å². The molecule has 0 unspecified atom stereocenters. The van der Waals surface area contributed by atoms with Gasteiger partial charge in [-0.05, 0) is 32.0 Å². The first-order chi connectivity index (χ1) is 9.60. The first-order valence-corrected chi connectivity index (χ1v) is 7.13. The first-order valence-electron chi connectivity index (χ1n) is 6.32. The van der Waals surface area contributed by atoms with Gasteiger partial charge < -0.3 is 15.8 Å². The number of carbonyl (C=O) groups excluding carboxylic acids is 1. The van der Waals surface area contributed by atoms with E-state index in [2.05, 4.69) is 29.4 Å². The highest BCUT2D eigenvalue weighted by Gasteiger charge is 2.12. The average Bonchev–Trinajstić information content (AvgIpc) is 2.84.